The predicted octanol–water partition coefficient (Wildman–Crippen LogP) is 3.87. The number of nitrogens with zero attached hydrogens (tertiary/aromatic N) is 4. The molecule has 2 aromatic carbocycles. The molecule has 1 saturated carbocycles. The van der Waals surface area contributed by atoms with Crippen LogP contribution in [0, 0.1) is 0 Å². The Morgan fingerprint density at radius 3 is 2.63 bits per heavy atom. The van der Waals surface area contributed by atoms with Crippen LogP contribution >= 0.6 is 0 Å². The van der Waals surface area contributed by atoms with Crippen LogP contribution in [0.5, 0.6) is 5.75 Å². The normalized spacial score (nSPS) is 15.3. The van der Waals surface area contributed by atoms with Crippen molar-refractivity contribution in [3.63, 3.8) is 0 Å². The molecular weight excluding hydrogens is 444 g/mol. The summed E-state index contributed by atoms with van der Waals surface area (Å²) in [4.78, 5) is 31.3. The summed E-state index contributed by atoms with van der Waals surface area (Å²) < 4.78 is 10.5. The van der Waals surface area contributed by atoms with E-state index in [2.05, 4.69) is 11.9 Å². The number of ether oxygens (including phenoxy) is 1. The minimum atomic E-state index is -1.02. The van der Waals surface area contributed by atoms with E-state index in [1.807, 2.05) is 47.0 Å². The van der Waals surface area contributed by atoms with Crippen LogP contribution in [0.2, 0.25) is 0 Å². The fourth-order valence-corrected chi connectivity index (χ4v) is 5.06. The summed E-state index contributed by atoms with van der Waals surface area (Å²) in [6.07, 6.45) is 6.65. The van der Waals surface area contributed by atoms with Crippen molar-refractivity contribution in [2.24, 2.45) is 0 Å². The van der Waals surface area contributed by atoms with Crippen LogP contribution in [-0.2, 0) is 13.1 Å². The number of aromatic nitrogens is 4. The molecule has 0 spiro atoms. The second-order valence-electron chi connectivity index (χ2n) is 9.44. The number of fused-ring (bicyclic) bond motifs is 2. The quantitative estimate of drug-likeness (QED) is 0.396. The zero-order valence-electron chi connectivity index (χ0n) is 20.1. The highest BCUT2D eigenvalue weighted by atomic mass is 16.5. The number of rotatable bonds is 9. The number of aliphatic hydroxyl groups excluding tert-OH is 1. The maximum absolute atomic E-state index is 13.5. The third-order valence-corrected chi connectivity index (χ3v) is 6.95. The molecule has 8 nitrogen and oxygen atoms in total. The van der Waals surface area contributed by atoms with Crippen molar-refractivity contribution in [1.82, 2.24) is 18.7 Å². The van der Waals surface area contributed by atoms with E-state index in [4.69, 9.17) is 4.74 Å². The molecule has 184 valence electrons. The van der Waals surface area contributed by atoms with Crippen LogP contribution in [0.3, 0.4) is 0 Å². The Labute approximate surface area is 203 Å². The van der Waals surface area contributed by atoms with Gasteiger partial charge in [0.1, 0.15) is 18.5 Å². The van der Waals surface area contributed by atoms with E-state index in [1.165, 1.54) is 0 Å². The topological polar surface area (TPSA) is 91.3 Å². The largest absolute Gasteiger partial charge is 0.491 e. The summed E-state index contributed by atoms with van der Waals surface area (Å²) in [7, 11) is 0. The van der Waals surface area contributed by atoms with Gasteiger partial charge in [-0.25, -0.2) is 9.78 Å². The monoisotopic (exact) mass is 476 g/mol. The molecule has 2 heterocycles. The fourth-order valence-electron chi connectivity index (χ4n) is 5.06. The van der Waals surface area contributed by atoms with Gasteiger partial charge in [0.15, 0.2) is 11.2 Å². The first kappa shape index (κ1) is 23.4. The summed E-state index contributed by atoms with van der Waals surface area (Å²) in [5, 5.41) is 12.9. The number of unbranched alkanes of at least 4 members (excludes halogenated alkanes) is 1. The number of aryl methyl sites for hydroxylation is 1. The molecule has 4 aromatic rings. The molecule has 8 heteroatoms. The summed E-state index contributed by atoms with van der Waals surface area (Å²) in [5.41, 5.74) is 0.0676. The second-order valence-corrected chi connectivity index (χ2v) is 9.44. The van der Waals surface area contributed by atoms with Gasteiger partial charge >= 0.3 is 5.69 Å². The summed E-state index contributed by atoms with van der Waals surface area (Å²) in [6, 6.07) is 13.9. The summed E-state index contributed by atoms with van der Waals surface area (Å²) in [6.45, 7) is 2.38. The fraction of sp³-hybridized carbons (Fsp3) is 0.444. The lowest BCUT2D eigenvalue weighted by Crippen LogP contribution is -2.44. The lowest BCUT2D eigenvalue weighted by molar-refractivity contribution is 0.0902. The van der Waals surface area contributed by atoms with Gasteiger partial charge in [-0.3, -0.25) is 13.9 Å². The number of hydrogen-bond acceptors (Lipinski definition) is 5. The number of benzene rings is 2. The molecule has 2 aromatic heterocycles. The minimum absolute atomic E-state index is 0.0287. The highest BCUT2D eigenvalue weighted by Gasteiger charge is 2.24. The molecular formula is C27H32N4O4. The van der Waals surface area contributed by atoms with Gasteiger partial charge in [-0.15, -0.1) is 0 Å². The average molecular weight is 477 g/mol. The van der Waals surface area contributed by atoms with Crippen LogP contribution in [-0.4, -0.2) is 36.5 Å². The van der Waals surface area contributed by atoms with E-state index in [1.54, 1.807) is 10.9 Å². The SMILES string of the molecule is CCCCn1c(=O)n(C[C@H](O)COc2ccc3ccccc3c2)c(=O)c2c1ncn2C1CCCC1. The molecule has 1 N–H and O–H groups in total. The zero-order chi connectivity index (χ0) is 24.4. The van der Waals surface area contributed by atoms with Gasteiger partial charge in [-0.2, -0.15) is 0 Å². The molecule has 1 fully saturated rings. The van der Waals surface area contributed by atoms with E-state index in [-0.39, 0.29) is 19.2 Å². The summed E-state index contributed by atoms with van der Waals surface area (Å²) in [5.74, 6) is 0.630. The molecule has 0 saturated heterocycles. The van der Waals surface area contributed by atoms with Gasteiger partial charge in [-0.05, 0) is 42.2 Å². The zero-order valence-corrected chi connectivity index (χ0v) is 20.1. The molecule has 0 bridgehead atoms. The predicted molar refractivity (Wildman–Crippen MR) is 136 cm³/mol. The molecule has 0 aliphatic heterocycles. The van der Waals surface area contributed by atoms with Crippen LogP contribution < -0.4 is 16.0 Å². The van der Waals surface area contributed by atoms with E-state index in [9.17, 15) is 14.7 Å². The molecule has 1 atom stereocenters. The molecule has 0 amide bonds. The van der Waals surface area contributed by atoms with Gasteiger partial charge < -0.3 is 14.4 Å². The lowest BCUT2D eigenvalue weighted by atomic mass is 10.1. The Morgan fingerprint density at radius 1 is 1.09 bits per heavy atom. The molecule has 5 rings (SSSR count). The molecule has 35 heavy (non-hydrogen) atoms. The third kappa shape index (κ3) is 4.62. The van der Waals surface area contributed by atoms with Gasteiger partial charge in [0.2, 0.25) is 0 Å². The van der Waals surface area contributed by atoms with Crippen LogP contribution in [0.25, 0.3) is 21.9 Å². The van der Waals surface area contributed by atoms with Crippen LogP contribution in [0.1, 0.15) is 51.5 Å². The van der Waals surface area contributed by atoms with Crippen molar-refractivity contribution in [2.45, 2.75) is 70.7 Å². The lowest BCUT2D eigenvalue weighted by Gasteiger charge is -2.17. The van der Waals surface area contributed by atoms with Crippen LogP contribution in [0.15, 0.2) is 58.4 Å². The first-order valence-electron chi connectivity index (χ1n) is 12.6. The van der Waals surface area contributed by atoms with Crippen molar-refractivity contribution in [3.05, 3.63) is 69.6 Å². The van der Waals surface area contributed by atoms with E-state index >= 15 is 0 Å². The molecule has 0 radical (unpaired) electrons. The first-order chi connectivity index (χ1) is 17.1. The standard InChI is InChI=1S/C27H32N4O4/c1-2-3-14-29-25-24(31(18-28-25)21-10-6-7-11-21)26(33)30(27(29)34)16-22(32)17-35-23-13-12-19-8-4-5-9-20(19)15-23/h4-5,8-9,12-13,15,18,21-22,32H,2-3,6-7,10-11,14,16-17H2,1H3/t22-/m0/s1. The molecule has 1 aliphatic rings. The smallest absolute Gasteiger partial charge is 0.332 e. The van der Waals surface area contributed by atoms with E-state index < -0.39 is 17.4 Å². The Hall–Kier alpha value is -3.39. The van der Waals surface area contributed by atoms with Gasteiger partial charge in [0.05, 0.1) is 12.9 Å². The molecule has 0 unspecified atom stereocenters. The average Bonchev–Trinajstić information content (AvgIpc) is 3.55. The second kappa shape index (κ2) is 10.1. The van der Waals surface area contributed by atoms with E-state index in [0.29, 0.717) is 23.5 Å². The highest BCUT2D eigenvalue weighted by Crippen LogP contribution is 2.31. The van der Waals surface area contributed by atoms with Gasteiger partial charge in [0, 0.05) is 12.6 Å². The van der Waals surface area contributed by atoms with E-state index in [0.717, 1.165) is 53.9 Å². The Balaban J connectivity index is 1.43. The maximum atomic E-state index is 13.5. The van der Waals surface area contributed by atoms with Crippen molar-refractivity contribution in [1.29, 1.82) is 0 Å². The summed E-state index contributed by atoms with van der Waals surface area (Å²) >= 11 is 0. The Morgan fingerprint density at radius 2 is 1.86 bits per heavy atom. The van der Waals surface area contributed by atoms with Crippen molar-refractivity contribution >= 4 is 21.9 Å². The minimum Gasteiger partial charge on any atom is -0.491 e. The Bertz CT molecular complexity index is 1450. The van der Waals surface area contributed by atoms with Crippen LogP contribution in [0.4, 0.5) is 0 Å². The molecule has 1 aliphatic carbocycles. The third-order valence-electron chi connectivity index (χ3n) is 6.95. The van der Waals surface area contributed by atoms with Gasteiger partial charge in [0.25, 0.3) is 5.56 Å². The van der Waals surface area contributed by atoms with Crippen molar-refractivity contribution in [3.8, 4) is 5.75 Å². The van der Waals surface area contributed by atoms with Gasteiger partial charge in [-0.1, -0.05) is 56.5 Å². The van der Waals surface area contributed by atoms with Crippen molar-refractivity contribution in [2.75, 3.05) is 6.61 Å². The van der Waals surface area contributed by atoms with Crippen molar-refractivity contribution < 1.29 is 9.84 Å². The Kier molecular flexibility index (Phi) is 6.72. The number of imidazole rings is 1. The maximum Gasteiger partial charge on any atom is 0.332 e. The number of aliphatic hydroxyl groups is 1. The first-order valence-corrected chi connectivity index (χ1v) is 12.6. The number of hydrogen-bond donors (Lipinski definition) is 1. The highest BCUT2D eigenvalue weighted by molar-refractivity contribution is 5.83.